The van der Waals surface area contributed by atoms with Gasteiger partial charge in [-0.05, 0) is 68.6 Å². The monoisotopic (exact) mass is 338 g/mol. The van der Waals surface area contributed by atoms with Gasteiger partial charge in [-0.3, -0.25) is 4.90 Å². The second kappa shape index (κ2) is 9.33. The van der Waals surface area contributed by atoms with Crippen LogP contribution in [0.3, 0.4) is 0 Å². The van der Waals surface area contributed by atoms with Crippen LogP contribution in [0.25, 0.3) is 11.1 Å². The standard InChI is InChI=1S/C21H26N2O2/c1-16-6-5-7-18(12-16)20-13-17(14-22)9-10-19(20)21(25)8-3-4-11-23(2)15-24/h5-7,9-10,12-13,21,24-25H,3-4,8,11,15H2,1-2H3. The van der Waals surface area contributed by atoms with E-state index in [0.717, 1.165) is 41.6 Å². The highest BCUT2D eigenvalue weighted by Gasteiger charge is 2.15. The maximum atomic E-state index is 10.7. The highest BCUT2D eigenvalue weighted by Crippen LogP contribution is 2.32. The Morgan fingerprint density at radius 1 is 1.16 bits per heavy atom. The molecule has 0 aliphatic carbocycles. The van der Waals surface area contributed by atoms with Crippen molar-refractivity contribution < 1.29 is 10.2 Å². The van der Waals surface area contributed by atoms with Crippen LogP contribution in [0, 0.1) is 18.3 Å². The van der Waals surface area contributed by atoms with Crippen LogP contribution >= 0.6 is 0 Å². The molecule has 2 aromatic rings. The van der Waals surface area contributed by atoms with Gasteiger partial charge in [-0.1, -0.05) is 35.9 Å². The van der Waals surface area contributed by atoms with E-state index >= 15 is 0 Å². The van der Waals surface area contributed by atoms with E-state index in [4.69, 9.17) is 5.11 Å². The van der Waals surface area contributed by atoms with Gasteiger partial charge in [-0.15, -0.1) is 0 Å². The molecule has 2 aromatic carbocycles. The highest BCUT2D eigenvalue weighted by molar-refractivity contribution is 5.70. The molecule has 0 aliphatic rings. The second-order valence-corrected chi connectivity index (χ2v) is 6.52. The molecule has 0 bridgehead atoms. The van der Waals surface area contributed by atoms with Gasteiger partial charge < -0.3 is 10.2 Å². The van der Waals surface area contributed by atoms with Crippen LogP contribution in [0.4, 0.5) is 0 Å². The molecule has 0 saturated carbocycles. The van der Waals surface area contributed by atoms with Crippen LogP contribution in [0.5, 0.6) is 0 Å². The highest BCUT2D eigenvalue weighted by atomic mass is 16.3. The van der Waals surface area contributed by atoms with Crippen LogP contribution < -0.4 is 0 Å². The Balaban J connectivity index is 2.18. The van der Waals surface area contributed by atoms with Crippen molar-refractivity contribution in [3.63, 3.8) is 0 Å². The fourth-order valence-electron chi connectivity index (χ4n) is 2.92. The van der Waals surface area contributed by atoms with E-state index in [1.807, 2.05) is 49.2 Å². The number of hydrogen-bond donors (Lipinski definition) is 2. The molecule has 1 atom stereocenters. The minimum absolute atomic E-state index is 0.0513. The number of nitrogens with zero attached hydrogens (tertiary/aromatic N) is 2. The van der Waals surface area contributed by atoms with Crippen molar-refractivity contribution in [2.45, 2.75) is 32.3 Å². The molecule has 132 valence electrons. The van der Waals surface area contributed by atoms with Gasteiger partial charge in [-0.2, -0.15) is 5.26 Å². The average Bonchev–Trinajstić information content (AvgIpc) is 2.64. The summed E-state index contributed by atoms with van der Waals surface area (Å²) >= 11 is 0. The van der Waals surface area contributed by atoms with Gasteiger partial charge in [0.15, 0.2) is 0 Å². The quantitative estimate of drug-likeness (QED) is 0.570. The third-order valence-electron chi connectivity index (χ3n) is 4.38. The molecule has 0 fully saturated rings. The largest absolute Gasteiger partial charge is 0.388 e. The van der Waals surface area contributed by atoms with E-state index < -0.39 is 6.10 Å². The van der Waals surface area contributed by atoms with Crippen LogP contribution in [-0.4, -0.2) is 35.4 Å². The van der Waals surface area contributed by atoms with Gasteiger partial charge in [0.05, 0.1) is 24.5 Å². The molecule has 0 spiro atoms. The first-order valence-electron chi connectivity index (χ1n) is 8.63. The number of benzene rings is 2. The van der Waals surface area contributed by atoms with Crippen molar-refractivity contribution in [1.29, 1.82) is 5.26 Å². The number of rotatable bonds is 8. The number of aliphatic hydroxyl groups is 2. The Bertz CT molecular complexity index is 737. The molecule has 0 heterocycles. The molecule has 2 N–H and O–H groups in total. The van der Waals surface area contributed by atoms with Gasteiger partial charge in [0.25, 0.3) is 0 Å². The molecule has 0 amide bonds. The summed E-state index contributed by atoms with van der Waals surface area (Å²) in [5.41, 5.74) is 4.54. The van der Waals surface area contributed by atoms with Gasteiger partial charge in [0.1, 0.15) is 0 Å². The van der Waals surface area contributed by atoms with E-state index in [-0.39, 0.29) is 6.73 Å². The number of nitriles is 1. The molecular weight excluding hydrogens is 312 g/mol. The molecule has 4 nitrogen and oxygen atoms in total. The lowest BCUT2D eigenvalue weighted by molar-refractivity contribution is 0.126. The van der Waals surface area contributed by atoms with Crippen molar-refractivity contribution in [3.05, 3.63) is 59.2 Å². The molecule has 1 unspecified atom stereocenters. The maximum absolute atomic E-state index is 10.7. The van der Waals surface area contributed by atoms with Gasteiger partial charge in [0, 0.05) is 0 Å². The zero-order valence-corrected chi connectivity index (χ0v) is 14.9. The van der Waals surface area contributed by atoms with E-state index in [9.17, 15) is 10.4 Å². The topological polar surface area (TPSA) is 67.5 Å². The first-order chi connectivity index (χ1) is 12.0. The number of hydrogen-bond acceptors (Lipinski definition) is 4. The van der Waals surface area contributed by atoms with Gasteiger partial charge >= 0.3 is 0 Å². The SMILES string of the molecule is Cc1cccc(-c2cc(C#N)ccc2C(O)CCCCN(C)CO)c1. The number of unbranched alkanes of at least 4 members (excludes halogenated alkanes) is 1. The zero-order valence-electron chi connectivity index (χ0n) is 14.9. The smallest absolute Gasteiger partial charge is 0.0991 e. The van der Waals surface area contributed by atoms with E-state index in [1.54, 1.807) is 6.07 Å². The molecular formula is C21H26N2O2. The average molecular weight is 338 g/mol. The third kappa shape index (κ3) is 5.40. The van der Waals surface area contributed by atoms with Crippen LogP contribution in [-0.2, 0) is 0 Å². The van der Waals surface area contributed by atoms with Crippen molar-refractivity contribution in [2.75, 3.05) is 20.3 Å². The fraction of sp³-hybridized carbons (Fsp3) is 0.381. The van der Waals surface area contributed by atoms with Crippen LogP contribution in [0.15, 0.2) is 42.5 Å². The summed E-state index contributed by atoms with van der Waals surface area (Å²) in [6, 6.07) is 15.8. The van der Waals surface area contributed by atoms with Crippen molar-refractivity contribution in [2.24, 2.45) is 0 Å². The molecule has 2 rings (SSSR count). The maximum Gasteiger partial charge on any atom is 0.0991 e. The molecule has 0 radical (unpaired) electrons. The zero-order chi connectivity index (χ0) is 18.2. The van der Waals surface area contributed by atoms with Crippen molar-refractivity contribution >= 4 is 0 Å². The van der Waals surface area contributed by atoms with Gasteiger partial charge in [-0.25, -0.2) is 0 Å². The lowest BCUT2D eigenvalue weighted by Crippen LogP contribution is -2.20. The van der Waals surface area contributed by atoms with E-state index in [1.165, 1.54) is 0 Å². The first kappa shape index (κ1) is 19.1. The van der Waals surface area contributed by atoms with E-state index in [2.05, 4.69) is 12.1 Å². The molecule has 25 heavy (non-hydrogen) atoms. The lowest BCUT2D eigenvalue weighted by Gasteiger charge is -2.18. The summed E-state index contributed by atoms with van der Waals surface area (Å²) < 4.78 is 0. The van der Waals surface area contributed by atoms with Crippen LogP contribution in [0.1, 0.15) is 42.1 Å². The fourth-order valence-corrected chi connectivity index (χ4v) is 2.92. The molecule has 0 aromatic heterocycles. The Morgan fingerprint density at radius 3 is 2.64 bits per heavy atom. The Morgan fingerprint density at radius 2 is 1.96 bits per heavy atom. The lowest BCUT2D eigenvalue weighted by atomic mass is 9.92. The summed E-state index contributed by atoms with van der Waals surface area (Å²) in [6.07, 6.45) is 1.88. The third-order valence-corrected chi connectivity index (χ3v) is 4.38. The normalized spacial score (nSPS) is 12.2. The summed E-state index contributed by atoms with van der Waals surface area (Å²) in [5, 5.41) is 28.9. The summed E-state index contributed by atoms with van der Waals surface area (Å²) in [6.45, 7) is 2.89. The molecule has 0 saturated heterocycles. The summed E-state index contributed by atoms with van der Waals surface area (Å²) in [7, 11) is 1.87. The van der Waals surface area contributed by atoms with Crippen LogP contribution in [0.2, 0.25) is 0 Å². The predicted octanol–water partition coefficient (Wildman–Crippen LogP) is 3.62. The Kier molecular flexibility index (Phi) is 7.15. The van der Waals surface area contributed by atoms with Crippen molar-refractivity contribution in [3.8, 4) is 17.2 Å². The Hall–Kier alpha value is -2.19. The summed E-state index contributed by atoms with van der Waals surface area (Å²) in [5.74, 6) is 0. The molecule has 4 heteroatoms. The van der Waals surface area contributed by atoms with Gasteiger partial charge in [0.2, 0.25) is 0 Å². The summed E-state index contributed by atoms with van der Waals surface area (Å²) in [4.78, 5) is 1.84. The predicted molar refractivity (Wildman–Crippen MR) is 99.9 cm³/mol. The second-order valence-electron chi connectivity index (χ2n) is 6.52. The minimum atomic E-state index is -0.567. The van der Waals surface area contributed by atoms with E-state index in [0.29, 0.717) is 12.0 Å². The molecule has 0 aliphatic heterocycles. The minimum Gasteiger partial charge on any atom is -0.388 e. The Labute approximate surface area is 150 Å². The number of aryl methyl sites for hydroxylation is 1. The number of aliphatic hydroxyl groups excluding tert-OH is 2. The first-order valence-corrected chi connectivity index (χ1v) is 8.63. The van der Waals surface area contributed by atoms with Crippen molar-refractivity contribution in [1.82, 2.24) is 4.90 Å².